The normalized spacial score (nSPS) is 27.1. The van der Waals surface area contributed by atoms with Crippen LogP contribution in [0, 0.1) is 12.8 Å². The molecule has 5 heteroatoms. The van der Waals surface area contributed by atoms with Crippen molar-refractivity contribution in [1.29, 1.82) is 0 Å². The number of hydrogen-bond donors (Lipinski definition) is 0. The molecule has 23 heavy (non-hydrogen) atoms. The molecular formula is C18H23NO4. The number of aryl methyl sites for hydroxylation is 1. The molecule has 1 saturated heterocycles. The van der Waals surface area contributed by atoms with Crippen molar-refractivity contribution in [3.63, 3.8) is 0 Å². The van der Waals surface area contributed by atoms with Crippen molar-refractivity contribution in [2.24, 2.45) is 5.92 Å². The van der Waals surface area contributed by atoms with Gasteiger partial charge in [0.2, 0.25) is 0 Å². The number of para-hydroxylation sites is 1. The van der Waals surface area contributed by atoms with Gasteiger partial charge in [0.25, 0.3) is 0 Å². The number of benzene rings is 1. The fourth-order valence-electron chi connectivity index (χ4n) is 3.57. The zero-order chi connectivity index (χ0) is 16.4. The lowest BCUT2D eigenvalue weighted by molar-refractivity contribution is -0.150. The number of carbonyl (C=O) groups excluding carboxylic acids is 2. The van der Waals surface area contributed by atoms with E-state index in [0.29, 0.717) is 38.8 Å². The Balaban J connectivity index is 1.69. The van der Waals surface area contributed by atoms with Crippen molar-refractivity contribution in [3.05, 3.63) is 29.8 Å². The van der Waals surface area contributed by atoms with E-state index < -0.39 is 5.60 Å². The topological polar surface area (TPSA) is 55.8 Å². The first-order valence-electron chi connectivity index (χ1n) is 8.27. The monoisotopic (exact) mass is 317 g/mol. The standard InChI is InChI=1S/C18H23NO4/c1-3-22-16(20)14-8-10-18(11-9-14)12-19(17(21)23-18)15-7-5-4-6-13(15)2/h4-7,14H,3,8-12H2,1-2H3. The molecule has 1 amide bonds. The molecule has 2 aliphatic rings. The van der Waals surface area contributed by atoms with Gasteiger partial charge in [-0.3, -0.25) is 9.69 Å². The molecule has 5 nitrogen and oxygen atoms in total. The summed E-state index contributed by atoms with van der Waals surface area (Å²) in [6.07, 6.45) is 2.57. The summed E-state index contributed by atoms with van der Waals surface area (Å²) in [5, 5.41) is 0. The molecule has 0 radical (unpaired) electrons. The van der Waals surface area contributed by atoms with Crippen LogP contribution < -0.4 is 4.90 Å². The second-order valence-electron chi connectivity index (χ2n) is 6.45. The molecule has 1 saturated carbocycles. The fourth-order valence-corrected chi connectivity index (χ4v) is 3.57. The van der Waals surface area contributed by atoms with Crippen LogP contribution >= 0.6 is 0 Å². The number of carbonyl (C=O) groups is 2. The summed E-state index contributed by atoms with van der Waals surface area (Å²) in [7, 11) is 0. The third-order valence-corrected chi connectivity index (χ3v) is 4.89. The van der Waals surface area contributed by atoms with Crippen molar-refractivity contribution < 1.29 is 19.1 Å². The second-order valence-corrected chi connectivity index (χ2v) is 6.45. The molecule has 1 aliphatic carbocycles. The van der Waals surface area contributed by atoms with Crippen LogP contribution in [0.1, 0.15) is 38.2 Å². The number of ether oxygens (including phenoxy) is 2. The first-order valence-corrected chi connectivity index (χ1v) is 8.27. The second kappa shape index (κ2) is 6.22. The zero-order valence-corrected chi connectivity index (χ0v) is 13.7. The van der Waals surface area contributed by atoms with E-state index in [1.54, 1.807) is 4.90 Å². The minimum absolute atomic E-state index is 0.0632. The third kappa shape index (κ3) is 3.05. The number of anilines is 1. The van der Waals surface area contributed by atoms with Gasteiger partial charge in [0, 0.05) is 0 Å². The van der Waals surface area contributed by atoms with E-state index in [-0.39, 0.29) is 18.0 Å². The molecule has 1 heterocycles. The average Bonchev–Trinajstić information content (AvgIpc) is 2.85. The van der Waals surface area contributed by atoms with Gasteiger partial charge in [0.1, 0.15) is 5.60 Å². The predicted octanol–water partition coefficient (Wildman–Crippen LogP) is 3.44. The Morgan fingerprint density at radius 1 is 1.35 bits per heavy atom. The minimum Gasteiger partial charge on any atom is -0.466 e. The van der Waals surface area contributed by atoms with Crippen LogP contribution in [0.5, 0.6) is 0 Å². The molecular weight excluding hydrogens is 294 g/mol. The van der Waals surface area contributed by atoms with Crippen molar-refractivity contribution in [2.45, 2.75) is 45.1 Å². The van der Waals surface area contributed by atoms with E-state index in [9.17, 15) is 9.59 Å². The highest BCUT2D eigenvalue weighted by Gasteiger charge is 2.48. The number of esters is 1. The molecule has 0 N–H and O–H groups in total. The largest absolute Gasteiger partial charge is 0.466 e. The molecule has 0 bridgehead atoms. The maximum atomic E-state index is 12.3. The van der Waals surface area contributed by atoms with E-state index in [0.717, 1.165) is 11.3 Å². The van der Waals surface area contributed by atoms with E-state index >= 15 is 0 Å². The Morgan fingerprint density at radius 3 is 2.70 bits per heavy atom. The van der Waals surface area contributed by atoms with Crippen LogP contribution in [0.25, 0.3) is 0 Å². The molecule has 124 valence electrons. The molecule has 3 rings (SSSR count). The van der Waals surface area contributed by atoms with Gasteiger partial charge >= 0.3 is 12.1 Å². The van der Waals surface area contributed by atoms with Gasteiger partial charge in [-0.2, -0.15) is 0 Å². The smallest absolute Gasteiger partial charge is 0.415 e. The van der Waals surface area contributed by atoms with Crippen LogP contribution in [-0.2, 0) is 14.3 Å². The van der Waals surface area contributed by atoms with Gasteiger partial charge in [-0.25, -0.2) is 4.79 Å². The maximum absolute atomic E-state index is 12.3. The SMILES string of the molecule is CCOC(=O)C1CCC2(CC1)CN(c1ccccc1C)C(=O)O2. The van der Waals surface area contributed by atoms with E-state index in [2.05, 4.69) is 0 Å². The Hall–Kier alpha value is -2.04. The fraction of sp³-hybridized carbons (Fsp3) is 0.556. The lowest BCUT2D eigenvalue weighted by atomic mass is 9.78. The molecule has 1 aromatic rings. The Labute approximate surface area is 136 Å². The summed E-state index contributed by atoms with van der Waals surface area (Å²) >= 11 is 0. The molecule has 0 atom stereocenters. The van der Waals surface area contributed by atoms with Gasteiger partial charge in [-0.15, -0.1) is 0 Å². The van der Waals surface area contributed by atoms with Crippen LogP contribution in [-0.4, -0.2) is 30.8 Å². The van der Waals surface area contributed by atoms with Crippen molar-refractivity contribution in [1.82, 2.24) is 0 Å². The molecule has 1 aromatic carbocycles. The Morgan fingerprint density at radius 2 is 2.04 bits per heavy atom. The number of hydrogen-bond acceptors (Lipinski definition) is 4. The highest BCUT2D eigenvalue weighted by molar-refractivity contribution is 5.91. The highest BCUT2D eigenvalue weighted by Crippen LogP contribution is 2.41. The molecule has 0 aromatic heterocycles. The van der Waals surface area contributed by atoms with E-state index in [4.69, 9.17) is 9.47 Å². The van der Waals surface area contributed by atoms with E-state index in [1.165, 1.54) is 0 Å². The summed E-state index contributed by atoms with van der Waals surface area (Å²) < 4.78 is 10.8. The zero-order valence-electron chi connectivity index (χ0n) is 13.7. The maximum Gasteiger partial charge on any atom is 0.415 e. The summed E-state index contributed by atoms with van der Waals surface area (Å²) in [5.74, 6) is -0.186. The van der Waals surface area contributed by atoms with Gasteiger partial charge < -0.3 is 9.47 Å². The van der Waals surface area contributed by atoms with Crippen LogP contribution in [0.4, 0.5) is 10.5 Å². The quantitative estimate of drug-likeness (QED) is 0.801. The summed E-state index contributed by atoms with van der Waals surface area (Å²) in [6.45, 7) is 4.79. The predicted molar refractivity (Wildman–Crippen MR) is 86.3 cm³/mol. The minimum atomic E-state index is -0.456. The summed E-state index contributed by atoms with van der Waals surface area (Å²) in [5.41, 5.74) is 1.51. The lowest BCUT2D eigenvalue weighted by Gasteiger charge is -2.34. The highest BCUT2D eigenvalue weighted by atomic mass is 16.6. The van der Waals surface area contributed by atoms with Crippen molar-refractivity contribution >= 4 is 17.7 Å². The summed E-state index contributed by atoms with van der Waals surface area (Å²) in [6, 6.07) is 7.82. The molecule has 1 aliphatic heterocycles. The molecule has 0 unspecified atom stereocenters. The lowest BCUT2D eigenvalue weighted by Crippen LogP contribution is -2.40. The Bertz CT molecular complexity index is 605. The number of nitrogens with zero attached hydrogens (tertiary/aromatic N) is 1. The van der Waals surface area contributed by atoms with Gasteiger partial charge in [0.15, 0.2) is 0 Å². The Kier molecular flexibility index (Phi) is 4.28. The van der Waals surface area contributed by atoms with Crippen LogP contribution in [0.3, 0.4) is 0 Å². The number of amides is 1. The first-order chi connectivity index (χ1) is 11.0. The van der Waals surface area contributed by atoms with Crippen LogP contribution in [0.15, 0.2) is 24.3 Å². The average molecular weight is 317 g/mol. The third-order valence-electron chi connectivity index (χ3n) is 4.89. The van der Waals surface area contributed by atoms with Gasteiger partial charge in [-0.1, -0.05) is 18.2 Å². The first kappa shape index (κ1) is 15.8. The molecule has 2 fully saturated rings. The van der Waals surface area contributed by atoms with E-state index in [1.807, 2.05) is 38.1 Å². The van der Waals surface area contributed by atoms with Crippen molar-refractivity contribution in [3.8, 4) is 0 Å². The van der Waals surface area contributed by atoms with Crippen LogP contribution in [0.2, 0.25) is 0 Å². The van der Waals surface area contributed by atoms with Crippen molar-refractivity contribution in [2.75, 3.05) is 18.1 Å². The molecule has 1 spiro atoms. The van der Waals surface area contributed by atoms with Gasteiger partial charge in [-0.05, 0) is 51.2 Å². The number of rotatable bonds is 3. The summed E-state index contributed by atoms with van der Waals surface area (Å²) in [4.78, 5) is 25.9. The van der Waals surface area contributed by atoms with Gasteiger partial charge in [0.05, 0.1) is 24.8 Å².